The molecule has 0 unspecified atom stereocenters. The molecule has 0 aromatic heterocycles. The van der Waals surface area contributed by atoms with Gasteiger partial charge in [0, 0.05) is 44.0 Å². The van der Waals surface area contributed by atoms with Crippen molar-refractivity contribution < 1.29 is 9.59 Å². The number of carbonyl (C=O) groups excluding carboxylic acids is 2. The van der Waals surface area contributed by atoms with Crippen LogP contribution in [0.4, 0.5) is 5.69 Å². The zero-order chi connectivity index (χ0) is 15.1. The van der Waals surface area contributed by atoms with Crippen LogP contribution in [-0.4, -0.2) is 56.0 Å². The first-order chi connectivity index (χ1) is 10.2. The molecule has 1 saturated heterocycles. The highest BCUT2D eigenvalue weighted by Gasteiger charge is 2.13. The van der Waals surface area contributed by atoms with E-state index in [1.54, 1.807) is 24.3 Å². The molecule has 21 heavy (non-hydrogen) atoms. The summed E-state index contributed by atoms with van der Waals surface area (Å²) in [6.07, 6.45) is 0. The number of anilines is 1. The minimum atomic E-state index is -0.101. The molecule has 114 valence electrons. The number of piperazine rings is 1. The van der Waals surface area contributed by atoms with Crippen molar-refractivity contribution in [2.75, 3.05) is 44.6 Å². The van der Waals surface area contributed by atoms with Gasteiger partial charge in [0.1, 0.15) is 0 Å². The largest absolute Gasteiger partial charge is 0.352 e. The predicted octanol–water partition coefficient (Wildman–Crippen LogP) is 0.280. The summed E-state index contributed by atoms with van der Waals surface area (Å²) in [5.74, 6) is -0.126. The highest BCUT2D eigenvalue weighted by molar-refractivity contribution is 5.96. The fourth-order valence-electron chi connectivity index (χ4n) is 2.24. The lowest BCUT2D eigenvalue weighted by molar-refractivity contribution is -0.117. The fraction of sp³-hybridized carbons (Fsp3) is 0.467. The standard InChI is InChI=1S/C15H22N4O2/c1-2-17-15(21)12-3-5-13(6-4-12)18-14(20)11-19-9-7-16-8-10-19/h3-6,16H,2,7-11H2,1H3,(H,17,21)(H,18,20). The zero-order valence-electron chi connectivity index (χ0n) is 12.3. The molecule has 1 fully saturated rings. The van der Waals surface area contributed by atoms with Gasteiger partial charge in [0.05, 0.1) is 6.54 Å². The maximum absolute atomic E-state index is 11.9. The number of carbonyl (C=O) groups is 2. The van der Waals surface area contributed by atoms with Crippen molar-refractivity contribution >= 4 is 17.5 Å². The molecule has 1 aliphatic rings. The third kappa shape index (κ3) is 4.84. The summed E-state index contributed by atoms with van der Waals surface area (Å²) in [6.45, 7) is 6.51. The number of amides is 2. The first-order valence-corrected chi connectivity index (χ1v) is 7.30. The molecule has 0 atom stereocenters. The summed E-state index contributed by atoms with van der Waals surface area (Å²) in [6, 6.07) is 6.93. The molecule has 1 aromatic carbocycles. The Morgan fingerprint density at radius 2 is 1.86 bits per heavy atom. The summed E-state index contributed by atoms with van der Waals surface area (Å²) >= 11 is 0. The molecule has 0 spiro atoms. The molecule has 0 bridgehead atoms. The average molecular weight is 290 g/mol. The fourth-order valence-corrected chi connectivity index (χ4v) is 2.24. The molecule has 6 nitrogen and oxygen atoms in total. The van der Waals surface area contributed by atoms with Crippen molar-refractivity contribution in [3.8, 4) is 0 Å². The van der Waals surface area contributed by atoms with E-state index in [9.17, 15) is 9.59 Å². The van der Waals surface area contributed by atoms with Crippen LogP contribution in [0.2, 0.25) is 0 Å². The third-order valence-electron chi connectivity index (χ3n) is 3.35. The van der Waals surface area contributed by atoms with Gasteiger partial charge in [0.2, 0.25) is 5.91 Å². The Morgan fingerprint density at radius 1 is 1.19 bits per heavy atom. The number of nitrogens with zero attached hydrogens (tertiary/aromatic N) is 1. The molecule has 0 aliphatic carbocycles. The minimum Gasteiger partial charge on any atom is -0.352 e. The molecule has 6 heteroatoms. The highest BCUT2D eigenvalue weighted by atomic mass is 16.2. The number of benzene rings is 1. The van der Waals surface area contributed by atoms with Gasteiger partial charge < -0.3 is 16.0 Å². The van der Waals surface area contributed by atoms with Crippen molar-refractivity contribution in [1.29, 1.82) is 0 Å². The van der Waals surface area contributed by atoms with Crippen molar-refractivity contribution in [3.63, 3.8) is 0 Å². The van der Waals surface area contributed by atoms with E-state index in [2.05, 4.69) is 20.9 Å². The Hall–Kier alpha value is -1.92. The van der Waals surface area contributed by atoms with Gasteiger partial charge in [-0.25, -0.2) is 0 Å². The monoisotopic (exact) mass is 290 g/mol. The Kier molecular flexibility index (Phi) is 5.71. The Morgan fingerprint density at radius 3 is 2.48 bits per heavy atom. The molecule has 0 radical (unpaired) electrons. The Labute approximate surface area is 124 Å². The second-order valence-corrected chi connectivity index (χ2v) is 5.01. The van der Waals surface area contributed by atoms with E-state index >= 15 is 0 Å². The van der Waals surface area contributed by atoms with Crippen molar-refractivity contribution in [2.45, 2.75) is 6.92 Å². The van der Waals surface area contributed by atoms with E-state index in [1.165, 1.54) is 0 Å². The Bertz CT molecular complexity index is 481. The van der Waals surface area contributed by atoms with Gasteiger partial charge in [0.15, 0.2) is 0 Å². The molecule has 1 heterocycles. The lowest BCUT2D eigenvalue weighted by Crippen LogP contribution is -2.46. The number of hydrogen-bond acceptors (Lipinski definition) is 4. The lowest BCUT2D eigenvalue weighted by atomic mass is 10.2. The summed E-state index contributed by atoms with van der Waals surface area (Å²) in [5, 5.41) is 8.85. The van der Waals surface area contributed by atoms with E-state index in [0.29, 0.717) is 24.3 Å². The van der Waals surface area contributed by atoms with Gasteiger partial charge in [-0.1, -0.05) is 0 Å². The van der Waals surface area contributed by atoms with Gasteiger partial charge in [-0.3, -0.25) is 14.5 Å². The molecule has 3 N–H and O–H groups in total. The molecule has 0 saturated carbocycles. The van der Waals surface area contributed by atoms with Crippen LogP contribution >= 0.6 is 0 Å². The quantitative estimate of drug-likeness (QED) is 0.728. The molecule has 2 amide bonds. The van der Waals surface area contributed by atoms with E-state index < -0.39 is 0 Å². The normalized spacial score (nSPS) is 15.5. The van der Waals surface area contributed by atoms with E-state index in [1.807, 2.05) is 6.92 Å². The zero-order valence-corrected chi connectivity index (χ0v) is 12.3. The van der Waals surface area contributed by atoms with Crippen LogP contribution in [0.15, 0.2) is 24.3 Å². The van der Waals surface area contributed by atoms with Crippen molar-refractivity contribution in [3.05, 3.63) is 29.8 Å². The van der Waals surface area contributed by atoms with Gasteiger partial charge in [0.25, 0.3) is 5.91 Å². The van der Waals surface area contributed by atoms with E-state index in [0.717, 1.165) is 26.2 Å². The highest BCUT2D eigenvalue weighted by Crippen LogP contribution is 2.09. The van der Waals surface area contributed by atoms with Crippen LogP contribution in [0, 0.1) is 0 Å². The van der Waals surface area contributed by atoms with Crippen molar-refractivity contribution in [1.82, 2.24) is 15.5 Å². The van der Waals surface area contributed by atoms with Gasteiger partial charge in [-0.2, -0.15) is 0 Å². The molecular weight excluding hydrogens is 268 g/mol. The Balaban J connectivity index is 1.84. The lowest BCUT2D eigenvalue weighted by Gasteiger charge is -2.26. The predicted molar refractivity (Wildman–Crippen MR) is 82.4 cm³/mol. The molecular formula is C15H22N4O2. The number of hydrogen-bond donors (Lipinski definition) is 3. The second-order valence-electron chi connectivity index (χ2n) is 5.01. The van der Waals surface area contributed by atoms with Gasteiger partial charge >= 0.3 is 0 Å². The first-order valence-electron chi connectivity index (χ1n) is 7.30. The van der Waals surface area contributed by atoms with Crippen LogP contribution < -0.4 is 16.0 Å². The number of nitrogens with one attached hydrogen (secondary N) is 3. The number of rotatable bonds is 5. The maximum atomic E-state index is 11.9. The summed E-state index contributed by atoms with van der Waals surface area (Å²) in [7, 11) is 0. The van der Waals surface area contributed by atoms with Crippen molar-refractivity contribution in [2.24, 2.45) is 0 Å². The van der Waals surface area contributed by atoms with Crippen LogP contribution in [0.1, 0.15) is 17.3 Å². The topological polar surface area (TPSA) is 73.5 Å². The van der Waals surface area contributed by atoms with Gasteiger partial charge in [-0.05, 0) is 31.2 Å². The summed E-state index contributed by atoms with van der Waals surface area (Å²) in [5.41, 5.74) is 1.31. The van der Waals surface area contributed by atoms with E-state index in [-0.39, 0.29) is 11.8 Å². The smallest absolute Gasteiger partial charge is 0.251 e. The van der Waals surface area contributed by atoms with Crippen LogP contribution in [0.3, 0.4) is 0 Å². The first kappa shape index (κ1) is 15.5. The molecule has 1 aliphatic heterocycles. The summed E-state index contributed by atoms with van der Waals surface area (Å²) in [4.78, 5) is 25.7. The average Bonchev–Trinajstić information content (AvgIpc) is 2.49. The molecule has 2 rings (SSSR count). The second kappa shape index (κ2) is 7.75. The molecule has 1 aromatic rings. The summed E-state index contributed by atoms with van der Waals surface area (Å²) < 4.78 is 0. The van der Waals surface area contributed by atoms with E-state index in [4.69, 9.17) is 0 Å². The minimum absolute atomic E-state index is 0.0253. The van der Waals surface area contributed by atoms with Crippen LogP contribution in [-0.2, 0) is 4.79 Å². The van der Waals surface area contributed by atoms with Crippen LogP contribution in [0.25, 0.3) is 0 Å². The van der Waals surface area contributed by atoms with Crippen LogP contribution in [0.5, 0.6) is 0 Å². The van der Waals surface area contributed by atoms with Gasteiger partial charge in [-0.15, -0.1) is 0 Å². The third-order valence-corrected chi connectivity index (χ3v) is 3.35. The SMILES string of the molecule is CCNC(=O)c1ccc(NC(=O)CN2CCNCC2)cc1. The maximum Gasteiger partial charge on any atom is 0.251 e.